The molecule has 3 heterocycles. The van der Waals surface area contributed by atoms with Crippen molar-refractivity contribution >= 4 is 21.6 Å². The molecular weight excluding hydrogens is 260 g/mol. The number of hydrogen-bond acceptors (Lipinski definition) is 6. The first kappa shape index (κ1) is 12.3. The van der Waals surface area contributed by atoms with Gasteiger partial charge in [-0.2, -0.15) is 4.98 Å². The molecule has 5 nitrogen and oxygen atoms in total. The van der Waals surface area contributed by atoms with Crippen molar-refractivity contribution < 1.29 is 4.52 Å². The Morgan fingerprint density at radius 1 is 1.47 bits per heavy atom. The third kappa shape index (κ3) is 2.36. The van der Waals surface area contributed by atoms with Gasteiger partial charge in [-0.05, 0) is 23.9 Å². The highest BCUT2D eigenvalue weighted by molar-refractivity contribution is 7.17. The van der Waals surface area contributed by atoms with Crippen molar-refractivity contribution in [2.75, 3.05) is 0 Å². The zero-order valence-corrected chi connectivity index (χ0v) is 11.4. The first-order chi connectivity index (χ1) is 9.28. The number of fused-ring (bicyclic) bond motifs is 1. The van der Waals surface area contributed by atoms with Crippen LogP contribution in [-0.2, 0) is 0 Å². The molecule has 3 aromatic rings. The number of hydrogen-bond donors (Lipinski definition) is 1. The maximum atomic E-state index is 5.96. The van der Waals surface area contributed by atoms with E-state index in [9.17, 15) is 0 Å². The number of aromatic nitrogens is 3. The van der Waals surface area contributed by atoms with Crippen LogP contribution in [0.3, 0.4) is 0 Å². The summed E-state index contributed by atoms with van der Waals surface area (Å²) < 4.78 is 6.33. The first-order valence-corrected chi connectivity index (χ1v) is 7.08. The summed E-state index contributed by atoms with van der Waals surface area (Å²) in [6.45, 7) is 2.08. The lowest BCUT2D eigenvalue weighted by atomic mass is 10.2. The molecule has 0 aliphatic rings. The Labute approximate surface area is 114 Å². The molecule has 0 aliphatic heterocycles. The molecule has 0 unspecified atom stereocenters. The molecule has 2 N–H and O–H groups in total. The molecule has 0 aliphatic carbocycles. The highest BCUT2D eigenvalue weighted by Gasteiger charge is 2.15. The topological polar surface area (TPSA) is 77.8 Å². The SMILES string of the molecule is CCC[C@@H](N)c1nc(-c2cnc3ccsc3c2)no1. The lowest BCUT2D eigenvalue weighted by Crippen LogP contribution is -2.09. The van der Waals surface area contributed by atoms with Gasteiger partial charge >= 0.3 is 0 Å². The molecule has 3 aromatic heterocycles. The zero-order valence-electron chi connectivity index (χ0n) is 10.5. The van der Waals surface area contributed by atoms with Crippen LogP contribution >= 0.6 is 11.3 Å². The van der Waals surface area contributed by atoms with Crippen molar-refractivity contribution in [2.45, 2.75) is 25.8 Å². The quantitative estimate of drug-likeness (QED) is 0.790. The van der Waals surface area contributed by atoms with Crippen molar-refractivity contribution in [3.63, 3.8) is 0 Å². The third-order valence-electron chi connectivity index (χ3n) is 2.92. The maximum Gasteiger partial charge on any atom is 0.243 e. The summed E-state index contributed by atoms with van der Waals surface area (Å²) in [6, 6.07) is 3.82. The molecule has 0 aromatic carbocycles. The fraction of sp³-hybridized carbons (Fsp3) is 0.308. The molecule has 0 amide bonds. The Morgan fingerprint density at radius 3 is 3.21 bits per heavy atom. The average molecular weight is 274 g/mol. The van der Waals surface area contributed by atoms with Crippen molar-refractivity contribution in [2.24, 2.45) is 5.73 Å². The fourth-order valence-corrected chi connectivity index (χ4v) is 2.69. The van der Waals surface area contributed by atoms with E-state index in [1.54, 1.807) is 17.5 Å². The minimum Gasteiger partial charge on any atom is -0.337 e. The second kappa shape index (κ2) is 5.07. The van der Waals surface area contributed by atoms with Crippen LogP contribution in [0.5, 0.6) is 0 Å². The van der Waals surface area contributed by atoms with Crippen LogP contribution in [0.2, 0.25) is 0 Å². The highest BCUT2D eigenvalue weighted by atomic mass is 32.1. The van der Waals surface area contributed by atoms with Gasteiger partial charge in [0.15, 0.2) is 0 Å². The van der Waals surface area contributed by atoms with Gasteiger partial charge in [-0.1, -0.05) is 18.5 Å². The molecule has 0 radical (unpaired) electrons. The molecular formula is C13H14N4OS. The number of nitrogens with two attached hydrogens (primary N) is 1. The van der Waals surface area contributed by atoms with Gasteiger partial charge in [-0.3, -0.25) is 4.98 Å². The number of thiophene rings is 1. The number of rotatable bonds is 4. The Morgan fingerprint density at radius 2 is 2.37 bits per heavy atom. The lowest BCUT2D eigenvalue weighted by molar-refractivity contribution is 0.348. The Hall–Kier alpha value is -1.79. The molecule has 0 bridgehead atoms. The molecule has 98 valence electrons. The number of pyridine rings is 1. The van der Waals surface area contributed by atoms with E-state index in [1.165, 1.54) is 0 Å². The minimum absolute atomic E-state index is 0.190. The van der Waals surface area contributed by atoms with Gasteiger partial charge in [0.2, 0.25) is 11.7 Å². The van der Waals surface area contributed by atoms with Crippen molar-refractivity contribution in [1.82, 2.24) is 15.1 Å². The van der Waals surface area contributed by atoms with E-state index in [0.29, 0.717) is 11.7 Å². The van der Waals surface area contributed by atoms with Crippen LogP contribution < -0.4 is 5.73 Å². The summed E-state index contributed by atoms with van der Waals surface area (Å²) in [6.07, 6.45) is 3.58. The standard InChI is InChI=1S/C13H14N4OS/c1-2-3-9(14)13-16-12(17-18-13)8-6-11-10(15-7-8)4-5-19-11/h4-7,9H,2-3,14H2,1H3/t9-/m1/s1. The monoisotopic (exact) mass is 274 g/mol. The first-order valence-electron chi connectivity index (χ1n) is 6.20. The summed E-state index contributed by atoms with van der Waals surface area (Å²) in [4.78, 5) is 8.72. The molecule has 3 rings (SSSR count). The average Bonchev–Trinajstić information content (AvgIpc) is 3.07. The summed E-state index contributed by atoms with van der Waals surface area (Å²) >= 11 is 1.64. The normalized spacial score (nSPS) is 12.9. The van der Waals surface area contributed by atoms with Crippen LogP contribution in [0.4, 0.5) is 0 Å². The van der Waals surface area contributed by atoms with E-state index in [1.807, 2.05) is 17.5 Å². The minimum atomic E-state index is -0.190. The maximum absolute atomic E-state index is 5.96. The largest absolute Gasteiger partial charge is 0.337 e. The predicted octanol–water partition coefficient (Wildman–Crippen LogP) is 3.15. The lowest BCUT2D eigenvalue weighted by Gasteiger charge is -2.02. The van der Waals surface area contributed by atoms with Gasteiger partial charge < -0.3 is 10.3 Å². The van der Waals surface area contributed by atoms with Crippen LogP contribution in [-0.4, -0.2) is 15.1 Å². The van der Waals surface area contributed by atoms with E-state index < -0.39 is 0 Å². The highest BCUT2D eigenvalue weighted by Crippen LogP contribution is 2.25. The zero-order chi connectivity index (χ0) is 13.2. The van der Waals surface area contributed by atoms with Crippen molar-refractivity contribution in [1.29, 1.82) is 0 Å². The molecule has 19 heavy (non-hydrogen) atoms. The predicted molar refractivity (Wildman–Crippen MR) is 74.7 cm³/mol. The summed E-state index contributed by atoms with van der Waals surface area (Å²) in [5, 5.41) is 5.99. The second-order valence-corrected chi connectivity index (χ2v) is 5.33. The van der Waals surface area contributed by atoms with E-state index in [2.05, 4.69) is 22.0 Å². The van der Waals surface area contributed by atoms with Gasteiger partial charge in [-0.25, -0.2) is 0 Å². The second-order valence-electron chi connectivity index (χ2n) is 4.38. The fourth-order valence-electron chi connectivity index (χ4n) is 1.91. The van der Waals surface area contributed by atoms with E-state index >= 15 is 0 Å². The molecule has 0 saturated heterocycles. The van der Waals surface area contributed by atoms with Gasteiger partial charge in [0.05, 0.1) is 16.3 Å². The Kier molecular flexibility index (Phi) is 3.27. The van der Waals surface area contributed by atoms with E-state index in [-0.39, 0.29) is 6.04 Å². The summed E-state index contributed by atoms with van der Waals surface area (Å²) in [5.41, 5.74) is 7.80. The summed E-state index contributed by atoms with van der Waals surface area (Å²) in [5.74, 6) is 1.03. The van der Waals surface area contributed by atoms with Crippen LogP contribution in [0.25, 0.3) is 21.6 Å². The molecule has 0 saturated carbocycles. The van der Waals surface area contributed by atoms with Crippen molar-refractivity contribution in [3.05, 3.63) is 29.6 Å². The van der Waals surface area contributed by atoms with Crippen LogP contribution in [0.1, 0.15) is 31.7 Å². The molecule has 6 heteroatoms. The van der Waals surface area contributed by atoms with Crippen LogP contribution in [0.15, 0.2) is 28.2 Å². The smallest absolute Gasteiger partial charge is 0.243 e. The third-order valence-corrected chi connectivity index (χ3v) is 3.77. The van der Waals surface area contributed by atoms with Gasteiger partial charge in [0, 0.05) is 11.8 Å². The molecule has 0 spiro atoms. The number of nitrogens with zero attached hydrogens (tertiary/aromatic N) is 3. The Balaban J connectivity index is 1.93. The van der Waals surface area contributed by atoms with E-state index in [4.69, 9.17) is 10.3 Å². The molecule has 1 atom stereocenters. The summed E-state index contributed by atoms with van der Waals surface area (Å²) in [7, 11) is 0. The van der Waals surface area contributed by atoms with Gasteiger partial charge in [-0.15, -0.1) is 11.3 Å². The van der Waals surface area contributed by atoms with Gasteiger partial charge in [0.25, 0.3) is 0 Å². The van der Waals surface area contributed by atoms with E-state index in [0.717, 1.165) is 28.6 Å². The molecule has 0 fully saturated rings. The van der Waals surface area contributed by atoms with Crippen molar-refractivity contribution in [3.8, 4) is 11.4 Å². The van der Waals surface area contributed by atoms with Crippen LogP contribution in [0, 0.1) is 0 Å². The van der Waals surface area contributed by atoms with Gasteiger partial charge in [0.1, 0.15) is 0 Å². The Bertz CT molecular complexity index is 691.